The van der Waals surface area contributed by atoms with Crippen LogP contribution in [0.3, 0.4) is 0 Å². The quantitative estimate of drug-likeness (QED) is 0.831. The van der Waals surface area contributed by atoms with Crippen LogP contribution in [0.15, 0.2) is 34.7 Å². The van der Waals surface area contributed by atoms with Crippen LogP contribution in [-0.4, -0.2) is 18.8 Å². The van der Waals surface area contributed by atoms with Crippen molar-refractivity contribution < 1.29 is 18.7 Å². The number of hydrogen-bond donors (Lipinski definition) is 1. The van der Waals surface area contributed by atoms with Crippen molar-refractivity contribution in [1.29, 1.82) is 0 Å². The molecule has 5 heteroatoms. The third-order valence-corrected chi connectivity index (χ3v) is 3.32. The summed E-state index contributed by atoms with van der Waals surface area (Å²) in [7, 11) is 1.59. The number of carbonyl (C=O) groups excluding carboxylic acids is 2. The number of methoxy groups -OCH3 is 1. The van der Waals surface area contributed by atoms with Crippen molar-refractivity contribution >= 4 is 17.4 Å². The topological polar surface area (TPSA) is 68.5 Å². The lowest BCUT2D eigenvalue weighted by molar-refractivity contribution is -0.116. The zero-order valence-corrected chi connectivity index (χ0v) is 12.9. The molecule has 0 unspecified atom stereocenters. The number of rotatable bonds is 6. The van der Waals surface area contributed by atoms with Gasteiger partial charge in [0, 0.05) is 18.5 Å². The van der Waals surface area contributed by atoms with E-state index in [0.717, 1.165) is 5.75 Å². The van der Waals surface area contributed by atoms with Crippen molar-refractivity contribution in [3.8, 4) is 5.75 Å². The highest BCUT2D eigenvalue weighted by Gasteiger charge is 2.12. The summed E-state index contributed by atoms with van der Waals surface area (Å²) in [6.07, 6.45) is 0.742. The molecule has 0 bridgehead atoms. The molecule has 1 aromatic heterocycles. The molecule has 22 heavy (non-hydrogen) atoms. The number of furan rings is 1. The Morgan fingerprint density at radius 1 is 1.23 bits per heavy atom. The molecule has 2 aromatic rings. The number of anilines is 1. The summed E-state index contributed by atoms with van der Waals surface area (Å²) in [5.74, 6) is 1.84. The van der Waals surface area contributed by atoms with Crippen LogP contribution in [0, 0.1) is 6.92 Å². The van der Waals surface area contributed by atoms with E-state index in [9.17, 15) is 9.59 Å². The summed E-state index contributed by atoms with van der Waals surface area (Å²) in [5, 5.41) is 2.80. The van der Waals surface area contributed by atoms with Gasteiger partial charge < -0.3 is 14.5 Å². The molecule has 116 valence electrons. The third kappa shape index (κ3) is 3.97. The normalized spacial score (nSPS) is 10.3. The molecule has 1 aromatic carbocycles. The predicted molar refractivity (Wildman–Crippen MR) is 83.4 cm³/mol. The molecule has 5 nitrogen and oxygen atoms in total. The molecule has 0 aliphatic rings. The molecule has 1 heterocycles. The Morgan fingerprint density at radius 3 is 2.45 bits per heavy atom. The number of aryl methyl sites for hydroxylation is 2. The third-order valence-electron chi connectivity index (χ3n) is 3.32. The monoisotopic (exact) mass is 301 g/mol. The van der Waals surface area contributed by atoms with E-state index in [2.05, 4.69) is 5.32 Å². The van der Waals surface area contributed by atoms with Gasteiger partial charge in [-0.3, -0.25) is 9.59 Å². The Hall–Kier alpha value is -2.56. The van der Waals surface area contributed by atoms with Crippen LogP contribution >= 0.6 is 0 Å². The molecule has 0 spiro atoms. The van der Waals surface area contributed by atoms with Gasteiger partial charge in [-0.25, -0.2) is 0 Å². The van der Waals surface area contributed by atoms with E-state index in [4.69, 9.17) is 9.15 Å². The highest BCUT2D eigenvalue weighted by molar-refractivity contribution is 5.95. The second kappa shape index (κ2) is 6.93. The highest BCUT2D eigenvalue weighted by Crippen LogP contribution is 2.18. The van der Waals surface area contributed by atoms with E-state index in [1.807, 2.05) is 0 Å². The maximum atomic E-state index is 11.9. The first-order valence-corrected chi connectivity index (χ1v) is 7.03. The molecule has 0 saturated carbocycles. The zero-order valence-electron chi connectivity index (χ0n) is 12.9. The lowest BCUT2D eigenvalue weighted by Gasteiger charge is -2.05. The highest BCUT2D eigenvalue weighted by atomic mass is 16.5. The van der Waals surface area contributed by atoms with Crippen LogP contribution in [0.5, 0.6) is 5.75 Å². The second-order valence-electron chi connectivity index (χ2n) is 5.02. The predicted octanol–water partition coefficient (Wildman–Crippen LogP) is 3.37. The van der Waals surface area contributed by atoms with E-state index < -0.39 is 0 Å². The molecule has 1 amide bonds. The molecule has 0 aliphatic heterocycles. The van der Waals surface area contributed by atoms with Crippen molar-refractivity contribution in [2.75, 3.05) is 12.4 Å². The van der Waals surface area contributed by atoms with Gasteiger partial charge in [-0.2, -0.15) is 0 Å². The minimum atomic E-state index is -0.108. The number of hydrogen-bond acceptors (Lipinski definition) is 4. The standard InChI is InChI=1S/C17H19NO4/c1-11(19)16-10-15(22-12(16)2)8-9-17(20)18-13-4-6-14(21-3)7-5-13/h4-7,10H,8-9H2,1-3H3,(H,18,20). The van der Waals surface area contributed by atoms with E-state index >= 15 is 0 Å². The first-order valence-electron chi connectivity index (χ1n) is 7.03. The van der Waals surface area contributed by atoms with Crippen molar-refractivity contribution in [3.05, 3.63) is 47.4 Å². The van der Waals surface area contributed by atoms with E-state index in [1.165, 1.54) is 6.92 Å². The summed E-state index contributed by atoms with van der Waals surface area (Å²) in [4.78, 5) is 23.3. The Bertz CT molecular complexity index is 670. The van der Waals surface area contributed by atoms with Crippen molar-refractivity contribution in [1.82, 2.24) is 0 Å². The minimum absolute atomic E-state index is 0.0322. The fourth-order valence-electron chi connectivity index (χ4n) is 2.15. The average Bonchev–Trinajstić information content (AvgIpc) is 2.87. The number of Topliss-reactive ketones (excluding diaryl/α,β-unsaturated/α-hetero) is 1. The zero-order chi connectivity index (χ0) is 16.1. The Labute approximate surface area is 129 Å². The van der Waals surface area contributed by atoms with Gasteiger partial charge >= 0.3 is 0 Å². The first-order chi connectivity index (χ1) is 10.5. The largest absolute Gasteiger partial charge is 0.497 e. The van der Waals surface area contributed by atoms with Gasteiger partial charge in [0.1, 0.15) is 17.3 Å². The SMILES string of the molecule is COc1ccc(NC(=O)CCc2cc(C(C)=O)c(C)o2)cc1. The maximum absolute atomic E-state index is 11.9. The second-order valence-corrected chi connectivity index (χ2v) is 5.02. The fourth-order valence-corrected chi connectivity index (χ4v) is 2.15. The molecule has 2 rings (SSSR count). The van der Waals surface area contributed by atoms with Gasteiger partial charge in [0.2, 0.25) is 5.91 Å². The average molecular weight is 301 g/mol. The van der Waals surface area contributed by atoms with Crippen LogP contribution in [0.25, 0.3) is 0 Å². The van der Waals surface area contributed by atoms with Crippen LogP contribution in [-0.2, 0) is 11.2 Å². The minimum Gasteiger partial charge on any atom is -0.497 e. The van der Waals surface area contributed by atoms with E-state index in [-0.39, 0.29) is 18.1 Å². The maximum Gasteiger partial charge on any atom is 0.224 e. The van der Waals surface area contributed by atoms with Crippen LogP contribution < -0.4 is 10.1 Å². The van der Waals surface area contributed by atoms with E-state index in [0.29, 0.717) is 29.2 Å². The van der Waals surface area contributed by atoms with Crippen LogP contribution in [0.1, 0.15) is 35.2 Å². The van der Waals surface area contributed by atoms with E-state index in [1.54, 1.807) is 44.4 Å². The van der Waals surface area contributed by atoms with Gasteiger partial charge in [-0.15, -0.1) is 0 Å². The summed E-state index contributed by atoms with van der Waals surface area (Å²) < 4.78 is 10.5. The summed E-state index contributed by atoms with van der Waals surface area (Å²) >= 11 is 0. The fraction of sp³-hybridized carbons (Fsp3) is 0.294. The van der Waals surface area contributed by atoms with Crippen molar-refractivity contribution in [2.24, 2.45) is 0 Å². The van der Waals surface area contributed by atoms with Crippen molar-refractivity contribution in [3.63, 3.8) is 0 Å². The Balaban J connectivity index is 1.89. The number of ketones is 1. The molecular formula is C17H19NO4. The number of ether oxygens (including phenoxy) is 1. The number of benzene rings is 1. The van der Waals surface area contributed by atoms with Gasteiger partial charge in [-0.05, 0) is 44.2 Å². The summed E-state index contributed by atoms with van der Waals surface area (Å²) in [5.41, 5.74) is 1.29. The molecule has 1 N–H and O–H groups in total. The lowest BCUT2D eigenvalue weighted by Crippen LogP contribution is -2.12. The number of amides is 1. The smallest absolute Gasteiger partial charge is 0.224 e. The molecular weight excluding hydrogens is 282 g/mol. The summed E-state index contributed by atoms with van der Waals surface area (Å²) in [6.45, 7) is 3.25. The molecule has 0 fully saturated rings. The molecule has 0 atom stereocenters. The van der Waals surface area contributed by atoms with Crippen LogP contribution in [0.4, 0.5) is 5.69 Å². The number of nitrogens with one attached hydrogen (secondary N) is 1. The van der Waals surface area contributed by atoms with Gasteiger partial charge in [0.25, 0.3) is 0 Å². The van der Waals surface area contributed by atoms with Crippen LogP contribution in [0.2, 0.25) is 0 Å². The molecule has 0 aliphatic carbocycles. The molecule has 0 radical (unpaired) electrons. The number of carbonyl (C=O) groups is 2. The summed E-state index contributed by atoms with van der Waals surface area (Å²) in [6, 6.07) is 8.83. The van der Waals surface area contributed by atoms with Crippen molar-refractivity contribution in [2.45, 2.75) is 26.7 Å². The van der Waals surface area contributed by atoms with Gasteiger partial charge in [0.05, 0.1) is 12.7 Å². The first kappa shape index (κ1) is 15.8. The molecule has 0 saturated heterocycles. The lowest BCUT2D eigenvalue weighted by atomic mass is 10.1. The van der Waals surface area contributed by atoms with Gasteiger partial charge in [-0.1, -0.05) is 0 Å². The Kier molecular flexibility index (Phi) is 4.99. The Morgan fingerprint density at radius 2 is 1.91 bits per heavy atom. The van der Waals surface area contributed by atoms with Gasteiger partial charge in [0.15, 0.2) is 5.78 Å².